The standard InChI is InChI=1S/C23H27N3O3/c1-23(2)14-24-12-17-8-9-18(11-19(17)23)26-20(13-25-22(26)29)16-6-3-15(4-7-16)5-10-21(27)28/h3-4,6-9,11,20,24H,5,10,12-14H2,1-2H3,(H,25,29)(H,27,28). The van der Waals surface area contributed by atoms with Crippen LogP contribution in [-0.2, 0) is 23.2 Å². The van der Waals surface area contributed by atoms with Gasteiger partial charge in [-0.2, -0.15) is 0 Å². The van der Waals surface area contributed by atoms with Crippen LogP contribution in [0.25, 0.3) is 0 Å². The number of carbonyl (C=O) groups is 2. The predicted octanol–water partition coefficient (Wildman–Crippen LogP) is 3.36. The maximum Gasteiger partial charge on any atom is 0.322 e. The van der Waals surface area contributed by atoms with E-state index in [9.17, 15) is 9.59 Å². The second-order valence-corrected chi connectivity index (χ2v) is 8.54. The molecule has 0 spiro atoms. The molecular formula is C23H27N3O3. The Morgan fingerprint density at radius 3 is 2.69 bits per heavy atom. The lowest BCUT2D eigenvalue weighted by Gasteiger charge is -2.34. The van der Waals surface area contributed by atoms with Gasteiger partial charge >= 0.3 is 12.0 Å². The van der Waals surface area contributed by atoms with Crippen LogP contribution < -0.4 is 15.5 Å². The number of nitrogens with zero attached hydrogens (tertiary/aromatic N) is 1. The topological polar surface area (TPSA) is 81.7 Å². The van der Waals surface area contributed by atoms with Crippen molar-refractivity contribution in [2.24, 2.45) is 0 Å². The SMILES string of the molecule is CC1(C)CNCc2ccc(N3C(=O)NCC3c3ccc(CCC(=O)O)cc3)cc21. The number of fused-ring (bicyclic) bond motifs is 1. The number of aliphatic carboxylic acids is 1. The number of aryl methyl sites for hydroxylation is 1. The number of amides is 2. The van der Waals surface area contributed by atoms with Crippen molar-refractivity contribution in [3.8, 4) is 0 Å². The van der Waals surface area contributed by atoms with Crippen LogP contribution in [0.1, 0.15) is 48.6 Å². The first-order valence-corrected chi connectivity index (χ1v) is 10.1. The second-order valence-electron chi connectivity index (χ2n) is 8.54. The van der Waals surface area contributed by atoms with Gasteiger partial charge in [-0.3, -0.25) is 9.69 Å². The summed E-state index contributed by atoms with van der Waals surface area (Å²) in [5.74, 6) is -0.795. The number of carboxylic acids is 1. The zero-order valence-corrected chi connectivity index (χ0v) is 16.9. The van der Waals surface area contributed by atoms with Gasteiger partial charge in [-0.25, -0.2) is 4.79 Å². The second kappa shape index (κ2) is 7.52. The predicted molar refractivity (Wildman–Crippen MR) is 112 cm³/mol. The molecule has 0 aromatic heterocycles. The lowest BCUT2D eigenvalue weighted by Crippen LogP contribution is -2.39. The van der Waals surface area contributed by atoms with Gasteiger partial charge in [-0.15, -0.1) is 0 Å². The Morgan fingerprint density at radius 1 is 1.21 bits per heavy atom. The highest BCUT2D eigenvalue weighted by molar-refractivity contribution is 5.95. The fraction of sp³-hybridized carbons (Fsp3) is 0.391. The number of nitrogens with one attached hydrogen (secondary N) is 2. The fourth-order valence-electron chi connectivity index (χ4n) is 4.33. The molecule has 2 aromatic carbocycles. The zero-order valence-electron chi connectivity index (χ0n) is 16.9. The maximum absolute atomic E-state index is 12.7. The van der Waals surface area contributed by atoms with Crippen LogP contribution in [0.5, 0.6) is 0 Å². The number of hydrogen-bond acceptors (Lipinski definition) is 3. The Labute approximate surface area is 170 Å². The van der Waals surface area contributed by atoms with Crippen LogP contribution >= 0.6 is 0 Å². The molecule has 2 aromatic rings. The molecule has 1 fully saturated rings. The van der Waals surface area contributed by atoms with Gasteiger partial charge in [0.1, 0.15) is 0 Å². The minimum atomic E-state index is -0.795. The molecule has 1 unspecified atom stereocenters. The van der Waals surface area contributed by atoms with Crippen molar-refractivity contribution in [2.45, 2.75) is 44.7 Å². The molecule has 0 aliphatic carbocycles. The first-order valence-electron chi connectivity index (χ1n) is 10.1. The number of carbonyl (C=O) groups excluding carboxylic acids is 1. The summed E-state index contributed by atoms with van der Waals surface area (Å²) in [6, 6.07) is 14.1. The number of rotatable bonds is 5. The molecule has 1 atom stereocenters. The van der Waals surface area contributed by atoms with Crippen molar-refractivity contribution < 1.29 is 14.7 Å². The largest absolute Gasteiger partial charge is 0.481 e. The lowest BCUT2D eigenvalue weighted by atomic mass is 9.79. The summed E-state index contributed by atoms with van der Waals surface area (Å²) in [6.07, 6.45) is 0.629. The summed E-state index contributed by atoms with van der Waals surface area (Å²) in [4.78, 5) is 25.3. The first-order chi connectivity index (χ1) is 13.8. The van der Waals surface area contributed by atoms with Gasteiger partial charge in [0, 0.05) is 37.2 Å². The number of benzene rings is 2. The Morgan fingerprint density at radius 2 is 1.97 bits per heavy atom. The quantitative estimate of drug-likeness (QED) is 0.728. The summed E-state index contributed by atoms with van der Waals surface area (Å²) >= 11 is 0. The number of hydrogen-bond donors (Lipinski definition) is 3. The fourth-order valence-corrected chi connectivity index (χ4v) is 4.33. The number of anilines is 1. The van der Waals surface area contributed by atoms with Gasteiger partial charge in [-0.1, -0.05) is 44.2 Å². The third kappa shape index (κ3) is 3.85. The minimum absolute atomic E-state index is 0.0150. The number of carboxylic acid groups (broad SMARTS) is 1. The molecule has 0 radical (unpaired) electrons. The van der Waals surface area contributed by atoms with Crippen molar-refractivity contribution in [2.75, 3.05) is 18.0 Å². The average molecular weight is 393 g/mol. The highest BCUT2D eigenvalue weighted by Gasteiger charge is 2.35. The van der Waals surface area contributed by atoms with E-state index in [2.05, 4.69) is 36.6 Å². The molecule has 0 saturated carbocycles. The van der Waals surface area contributed by atoms with E-state index in [0.717, 1.165) is 29.9 Å². The minimum Gasteiger partial charge on any atom is -0.481 e. The van der Waals surface area contributed by atoms with Crippen LogP contribution in [0.4, 0.5) is 10.5 Å². The Bertz CT molecular complexity index is 937. The van der Waals surface area contributed by atoms with Crippen LogP contribution in [0.3, 0.4) is 0 Å². The molecule has 29 heavy (non-hydrogen) atoms. The van der Waals surface area contributed by atoms with Crippen molar-refractivity contribution in [1.29, 1.82) is 0 Å². The molecule has 0 bridgehead atoms. The monoisotopic (exact) mass is 393 g/mol. The highest BCUT2D eigenvalue weighted by Crippen LogP contribution is 2.36. The molecule has 2 aliphatic rings. The Balaban J connectivity index is 1.62. The van der Waals surface area contributed by atoms with Crippen molar-refractivity contribution in [3.05, 3.63) is 64.7 Å². The van der Waals surface area contributed by atoms with Crippen molar-refractivity contribution in [3.63, 3.8) is 0 Å². The third-order valence-corrected chi connectivity index (χ3v) is 5.95. The molecule has 6 nitrogen and oxygen atoms in total. The van der Waals surface area contributed by atoms with Gasteiger partial charge < -0.3 is 15.7 Å². The van der Waals surface area contributed by atoms with Crippen molar-refractivity contribution in [1.82, 2.24) is 10.6 Å². The highest BCUT2D eigenvalue weighted by atomic mass is 16.4. The van der Waals surface area contributed by atoms with Gasteiger partial charge in [0.2, 0.25) is 0 Å². The molecule has 4 rings (SSSR count). The van der Waals surface area contributed by atoms with Crippen molar-refractivity contribution >= 4 is 17.7 Å². The van der Waals surface area contributed by atoms with E-state index in [1.54, 1.807) is 0 Å². The Hall–Kier alpha value is -2.86. The molecule has 2 heterocycles. The number of urea groups is 1. The summed E-state index contributed by atoms with van der Waals surface area (Å²) in [5.41, 5.74) is 5.53. The molecule has 3 N–H and O–H groups in total. The van der Waals surface area contributed by atoms with Gasteiger partial charge in [0.05, 0.1) is 6.04 Å². The summed E-state index contributed by atoms with van der Waals surface area (Å²) < 4.78 is 0. The molecule has 1 saturated heterocycles. The van der Waals surface area contributed by atoms with E-state index in [0.29, 0.717) is 13.0 Å². The molecule has 152 valence electrons. The van der Waals surface area contributed by atoms with Gasteiger partial charge in [-0.05, 0) is 40.8 Å². The molecule has 2 aliphatic heterocycles. The maximum atomic E-state index is 12.7. The Kier molecular flexibility index (Phi) is 5.04. The summed E-state index contributed by atoms with van der Waals surface area (Å²) in [7, 11) is 0. The van der Waals surface area contributed by atoms with Gasteiger partial charge in [0.15, 0.2) is 0 Å². The van der Waals surface area contributed by atoms with Gasteiger partial charge in [0.25, 0.3) is 0 Å². The van der Waals surface area contributed by atoms with Crippen LogP contribution in [0.15, 0.2) is 42.5 Å². The summed E-state index contributed by atoms with van der Waals surface area (Å²) in [5, 5.41) is 15.3. The van der Waals surface area contributed by atoms with E-state index in [1.807, 2.05) is 35.2 Å². The smallest absolute Gasteiger partial charge is 0.322 e. The normalized spacial score (nSPS) is 20.3. The third-order valence-electron chi connectivity index (χ3n) is 5.95. The van der Waals surface area contributed by atoms with E-state index in [1.165, 1.54) is 11.1 Å². The van der Waals surface area contributed by atoms with Crippen LogP contribution in [-0.4, -0.2) is 30.2 Å². The van der Waals surface area contributed by atoms with Crippen LogP contribution in [0.2, 0.25) is 0 Å². The first kappa shape index (κ1) is 19.5. The van der Waals surface area contributed by atoms with E-state index in [-0.39, 0.29) is 23.9 Å². The van der Waals surface area contributed by atoms with E-state index in [4.69, 9.17) is 5.11 Å². The average Bonchev–Trinajstić information content (AvgIpc) is 3.08. The summed E-state index contributed by atoms with van der Waals surface area (Å²) in [6.45, 7) is 6.76. The molecule has 6 heteroatoms. The zero-order chi connectivity index (χ0) is 20.6. The van der Waals surface area contributed by atoms with E-state index >= 15 is 0 Å². The van der Waals surface area contributed by atoms with E-state index < -0.39 is 5.97 Å². The molecular weight excluding hydrogens is 366 g/mol. The molecule has 2 amide bonds. The van der Waals surface area contributed by atoms with Crippen LogP contribution in [0, 0.1) is 0 Å². The lowest BCUT2D eigenvalue weighted by molar-refractivity contribution is -0.136.